The van der Waals surface area contributed by atoms with Gasteiger partial charge in [-0.3, -0.25) is 4.57 Å². The molecule has 2 aromatic heterocycles. The molecule has 1 unspecified atom stereocenters. The highest BCUT2D eigenvalue weighted by Crippen LogP contribution is 2.30. The van der Waals surface area contributed by atoms with Gasteiger partial charge in [0.2, 0.25) is 0 Å². The zero-order valence-electron chi connectivity index (χ0n) is 17.5. The first-order chi connectivity index (χ1) is 15.3. The molecule has 0 amide bonds. The first-order valence-electron chi connectivity index (χ1n) is 9.82. The molecule has 0 saturated carbocycles. The predicted octanol–water partition coefficient (Wildman–Crippen LogP) is 2.94. The average molecular weight is 456 g/mol. The van der Waals surface area contributed by atoms with E-state index in [0.29, 0.717) is 33.6 Å². The fraction of sp³-hybridized carbons (Fsp3) is 0.217. The number of methoxy groups -OCH3 is 1. The van der Waals surface area contributed by atoms with Crippen molar-refractivity contribution < 1.29 is 19.7 Å². The molecule has 2 N–H and O–H groups in total. The van der Waals surface area contributed by atoms with Crippen LogP contribution in [0.3, 0.4) is 0 Å². The van der Waals surface area contributed by atoms with Gasteiger partial charge < -0.3 is 19.7 Å². The highest BCUT2D eigenvalue weighted by molar-refractivity contribution is 6.30. The topological polar surface area (TPSA) is 98.2 Å². The summed E-state index contributed by atoms with van der Waals surface area (Å²) in [5.41, 5.74) is 0.892. The first kappa shape index (κ1) is 21.9. The lowest BCUT2D eigenvalue weighted by atomic mass is 10.1. The smallest absolute Gasteiger partial charge is 0.340 e. The number of ether oxygens (including phenoxy) is 2. The van der Waals surface area contributed by atoms with E-state index in [2.05, 4.69) is 4.98 Å². The molecule has 0 fully saturated rings. The third kappa shape index (κ3) is 4.20. The molecule has 2 heterocycles. The number of fused-ring (bicyclic) bond motifs is 1. The molecule has 0 radical (unpaired) electrons. The molecular formula is C23H22ClN3O5. The van der Waals surface area contributed by atoms with Crippen LogP contribution in [0, 0.1) is 0 Å². The molecule has 0 aliphatic heterocycles. The number of hydrogen-bond donors (Lipinski definition) is 2. The third-order valence-electron chi connectivity index (χ3n) is 5.01. The van der Waals surface area contributed by atoms with Crippen molar-refractivity contribution in [2.24, 2.45) is 0 Å². The van der Waals surface area contributed by atoms with E-state index in [1.165, 1.54) is 29.3 Å². The molecule has 166 valence electrons. The molecule has 1 atom stereocenters. The van der Waals surface area contributed by atoms with Crippen LogP contribution in [0.2, 0.25) is 5.02 Å². The van der Waals surface area contributed by atoms with Crippen molar-refractivity contribution in [3.05, 3.63) is 76.4 Å². The highest BCUT2D eigenvalue weighted by Gasteiger charge is 2.21. The standard InChI is InChI=1S/C23H22ClN3O5/c1-23(30,12-28)13-32-19-9-7-17(11-20(19)31-2)26-14-25-21-10-8-18(27(21)22(26)29)15-3-5-16(24)6-4-15/h3-11,14,28,30H,12-13H2,1-2H3. The van der Waals surface area contributed by atoms with Gasteiger partial charge in [-0.25, -0.2) is 14.2 Å². The minimum atomic E-state index is -1.39. The lowest BCUT2D eigenvalue weighted by Gasteiger charge is -2.21. The number of halogens is 1. The van der Waals surface area contributed by atoms with Crippen LogP contribution in [-0.4, -0.2) is 50.1 Å². The van der Waals surface area contributed by atoms with Crippen molar-refractivity contribution in [3.8, 4) is 28.4 Å². The molecule has 2 aromatic carbocycles. The van der Waals surface area contributed by atoms with E-state index in [1.807, 2.05) is 18.2 Å². The summed E-state index contributed by atoms with van der Waals surface area (Å²) in [5.74, 6) is 0.739. The van der Waals surface area contributed by atoms with Crippen molar-refractivity contribution in [3.63, 3.8) is 0 Å². The molecule has 32 heavy (non-hydrogen) atoms. The zero-order valence-corrected chi connectivity index (χ0v) is 18.3. The predicted molar refractivity (Wildman–Crippen MR) is 121 cm³/mol. The Kier molecular flexibility index (Phi) is 5.92. The summed E-state index contributed by atoms with van der Waals surface area (Å²) in [6, 6.07) is 15.8. The van der Waals surface area contributed by atoms with Gasteiger partial charge in [0.05, 0.1) is 25.1 Å². The van der Waals surface area contributed by atoms with E-state index in [9.17, 15) is 15.0 Å². The van der Waals surface area contributed by atoms with Crippen molar-refractivity contribution in [2.45, 2.75) is 12.5 Å². The molecule has 0 spiro atoms. The maximum absolute atomic E-state index is 13.4. The van der Waals surface area contributed by atoms with Crippen LogP contribution in [0.5, 0.6) is 11.5 Å². The first-order valence-corrected chi connectivity index (χ1v) is 10.2. The number of rotatable bonds is 7. The van der Waals surface area contributed by atoms with E-state index in [4.69, 9.17) is 21.1 Å². The third-order valence-corrected chi connectivity index (χ3v) is 5.26. The second-order valence-corrected chi connectivity index (χ2v) is 8.03. The lowest BCUT2D eigenvalue weighted by Crippen LogP contribution is -2.36. The van der Waals surface area contributed by atoms with Crippen LogP contribution < -0.4 is 15.2 Å². The molecule has 4 rings (SSSR count). The van der Waals surface area contributed by atoms with Gasteiger partial charge in [0.15, 0.2) is 11.5 Å². The zero-order chi connectivity index (χ0) is 22.9. The van der Waals surface area contributed by atoms with Gasteiger partial charge in [-0.1, -0.05) is 23.7 Å². The van der Waals surface area contributed by atoms with Crippen molar-refractivity contribution in [1.29, 1.82) is 0 Å². The molecule has 4 aromatic rings. The molecule has 0 bridgehead atoms. The highest BCUT2D eigenvalue weighted by atomic mass is 35.5. The Balaban J connectivity index is 1.75. The van der Waals surface area contributed by atoms with Gasteiger partial charge in [0.1, 0.15) is 24.2 Å². The number of nitrogens with zero attached hydrogens (tertiary/aromatic N) is 3. The van der Waals surface area contributed by atoms with Gasteiger partial charge in [-0.15, -0.1) is 0 Å². The summed E-state index contributed by atoms with van der Waals surface area (Å²) in [6.45, 7) is 0.894. The number of aliphatic hydroxyl groups excluding tert-OH is 1. The molecule has 0 aliphatic carbocycles. The molecule has 0 saturated heterocycles. The van der Waals surface area contributed by atoms with Crippen LogP contribution in [0.15, 0.2) is 65.7 Å². The van der Waals surface area contributed by atoms with Crippen molar-refractivity contribution in [1.82, 2.24) is 14.0 Å². The fourth-order valence-electron chi connectivity index (χ4n) is 3.23. The number of benzene rings is 2. The Labute approximate surface area is 188 Å². The molecule has 0 aliphatic rings. The van der Waals surface area contributed by atoms with Crippen LogP contribution in [0.4, 0.5) is 0 Å². The lowest BCUT2D eigenvalue weighted by molar-refractivity contribution is -0.0329. The maximum atomic E-state index is 13.4. The Bertz CT molecular complexity index is 1310. The number of aliphatic hydroxyl groups is 2. The normalized spacial score (nSPS) is 13.2. The van der Waals surface area contributed by atoms with E-state index in [0.717, 1.165) is 5.56 Å². The largest absolute Gasteiger partial charge is 0.493 e. The Morgan fingerprint density at radius 1 is 1.09 bits per heavy atom. The van der Waals surface area contributed by atoms with Crippen molar-refractivity contribution in [2.75, 3.05) is 20.3 Å². The fourth-order valence-corrected chi connectivity index (χ4v) is 3.36. The molecular weight excluding hydrogens is 434 g/mol. The number of hydrogen-bond acceptors (Lipinski definition) is 6. The summed E-state index contributed by atoms with van der Waals surface area (Å²) >= 11 is 5.99. The van der Waals surface area contributed by atoms with Crippen molar-refractivity contribution >= 4 is 17.2 Å². The summed E-state index contributed by atoms with van der Waals surface area (Å²) in [6.07, 6.45) is 1.45. The molecule has 8 nitrogen and oxygen atoms in total. The second-order valence-electron chi connectivity index (χ2n) is 7.60. The summed E-state index contributed by atoms with van der Waals surface area (Å²) < 4.78 is 13.9. The Morgan fingerprint density at radius 3 is 2.53 bits per heavy atom. The quantitative estimate of drug-likeness (QED) is 0.444. The van der Waals surface area contributed by atoms with Gasteiger partial charge in [-0.2, -0.15) is 0 Å². The van der Waals surface area contributed by atoms with Crippen LogP contribution in [-0.2, 0) is 0 Å². The van der Waals surface area contributed by atoms with Crippen LogP contribution in [0.1, 0.15) is 6.92 Å². The monoisotopic (exact) mass is 455 g/mol. The second kappa shape index (κ2) is 8.66. The number of aromatic nitrogens is 3. The summed E-state index contributed by atoms with van der Waals surface area (Å²) in [7, 11) is 1.48. The van der Waals surface area contributed by atoms with Gasteiger partial charge in [-0.05, 0) is 48.9 Å². The van der Waals surface area contributed by atoms with E-state index in [-0.39, 0.29) is 12.3 Å². The van der Waals surface area contributed by atoms with E-state index >= 15 is 0 Å². The average Bonchev–Trinajstić information content (AvgIpc) is 3.23. The van der Waals surface area contributed by atoms with E-state index in [1.54, 1.807) is 36.4 Å². The Hall–Kier alpha value is -3.33. The minimum absolute atomic E-state index is 0.125. The van der Waals surface area contributed by atoms with E-state index < -0.39 is 12.2 Å². The SMILES string of the molecule is COc1cc(-n2cnc3ccc(-c4ccc(Cl)cc4)n3c2=O)ccc1OCC(C)(O)CO. The Morgan fingerprint density at radius 2 is 1.84 bits per heavy atom. The van der Waals surface area contributed by atoms with Crippen LogP contribution in [0.25, 0.3) is 22.6 Å². The van der Waals surface area contributed by atoms with Gasteiger partial charge in [0.25, 0.3) is 0 Å². The van der Waals surface area contributed by atoms with Gasteiger partial charge >= 0.3 is 5.69 Å². The molecule has 9 heteroatoms. The maximum Gasteiger partial charge on any atom is 0.340 e. The van der Waals surface area contributed by atoms with Gasteiger partial charge in [0, 0.05) is 11.1 Å². The minimum Gasteiger partial charge on any atom is -0.493 e. The summed E-state index contributed by atoms with van der Waals surface area (Å²) in [5, 5.41) is 19.8. The summed E-state index contributed by atoms with van der Waals surface area (Å²) in [4.78, 5) is 17.8. The van der Waals surface area contributed by atoms with Crippen LogP contribution >= 0.6 is 11.6 Å².